The SMILES string of the molecule is C[C@@H](NC(=O)c1ccco1)C(=O)Nc1ccc(N2CCCS2(=O)=O)cc1. The zero-order valence-electron chi connectivity index (χ0n) is 14.1. The highest BCUT2D eigenvalue weighted by atomic mass is 32.2. The number of amides is 2. The summed E-state index contributed by atoms with van der Waals surface area (Å²) in [7, 11) is -3.23. The molecule has 0 bridgehead atoms. The number of benzene rings is 1. The van der Waals surface area contributed by atoms with Gasteiger partial charge in [0.2, 0.25) is 15.9 Å². The van der Waals surface area contributed by atoms with Crippen molar-refractivity contribution in [2.45, 2.75) is 19.4 Å². The maximum Gasteiger partial charge on any atom is 0.287 e. The molecule has 1 aliphatic heterocycles. The molecule has 1 aromatic heterocycles. The minimum atomic E-state index is -3.23. The van der Waals surface area contributed by atoms with Crippen molar-refractivity contribution in [1.29, 1.82) is 0 Å². The van der Waals surface area contributed by atoms with Crippen LogP contribution in [0.2, 0.25) is 0 Å². The summed E-state index contributed by atoms with van der Waals surface area (Å²) in [4.78, 5) is 24.1. The standard InChI is InChI=1S/C17H19N3O5S/c1-12(18-17(22)15-4-2-10-25-15)16(21)19-13-5-7-14(8-6-13)20-9-3-11-26(20,23)24/h2,4-8,10,12H,3,9,11H2,1H3,(H,18,22)(H,19,21)/t12-/m1/s1. The fraction of sp³-hybridized carbons (Fsp3) is 0.294. The lowest BCUT2D eigenvalue weighted by atomic mass is 10.2. The molecule has 0 aliphatic carbocycles. The van der Waals surface area contributed by atoms with Gasteiger partial charge in [-0.2, -0.15) is 0 Å². The Labute approximate surface area is 151 Å². The van der Waals surface area contributed by atoms with Gasteiger partial charge in [-0.3, -0.25) is 13.9 Å². The Balaban J connectivity index is 1.60. The van der Waals surface area contributed by atoms with Crippen LogP contribution in [0.4, 0.5) is 11.4 Å². The average molecular weight is 377 g/mol. The summed E-state index contributed by atoms with van der Waals surface area (Å²) in [6, 6.07) is 8.86. The molecule has 2 N–H and O–H groups in total. The van der Waals surface area contributed by atoms with Crippen LogP contribution in [0.15, 0.2) is 47.1 Å². The number of anilines is 2. The van der Waals surface area contributed by atoms with E-state index in [1.165, 1.54) is 16.6 Å². The van der Waals surface area contributed by atoms with Crippen molar-refractivity contribution in [2.24, 2.45) is 0 Å². The summed E-state index contributed by atoms with van der Waals surface area (Å²) in [6.07, 6.45) is 1.98. The second-order valence-electron chi connectivity index (χ2n) is 5.95. The summed E-state index contributed by atoms with van der Waals surface area (Å²) >= 11 is 0. The van der Waals surface area contributed by atoms with E-state index in [0.717, 1.165) is 0 Å². The number of nitrogens with zero attached hydrogens (tertiary/aromatic N) is 1. The summed E-state index contributed by atoms with van der Waals surface area (Å²) < 4.78 is 30.2. The predicted molar refractivity (Wildman–Crippen MR) is 96.5 cm³/mol. The molecule has 1 atom stereocenters. The first kappa shape index (κ1) is 18.0. The van der Waals surface area contributed by atoms with Gasteiger partial charge >= 0.3 is 0 Å². The molecule has 26 heavy (non-hydrogen) atoms. The van der Waals surface area contributed by atoms with Gasteiger partial charge in [-0.05, 0) is 49.7 Å². The number of carbonyl (C=O) groups excluding carboxylic acids is 2. The Kier molecular flexibility index (Phi) is 4.99. The monoisotopic (exact) mass is 377 g/mol. The smallest absolute Gasteiger partial charge is 0.287 e. The first-order valence-electron chi connectivity index (χ1n) is 8.12. The van der Waals surface area contributed by atoms with E-state index in [-0.39, 0.29) is 11.5 Å². The lowest BCUT2D eigenvalue weighted by Gasteiger charge is -2.18. The molecule has 0 spiro atoms. The van der Waals surface area contributed by atoms with E-state index in [9.17, 15) is 18.0 Å². The van der Waals surface area contributed by atoms with E-state index >= 15 is 0 Å². The number of rotatable bonds is 5. The van der Waals surface area contributed by atoms with E-state index in [2.05, 4.69) is 10.6 Å². The Morgan fingerprint density at radius 2 is 1.92 bits per heavy atom. The largest absolute Gasteiger partial charge is 0.459 e. The lowest BCUT2D eigenvalue weighted by Crippen LogP contribution is -2.41. The molecule has 0 unspecified atom stereocenters. The molecule has 8 nitrogen and oxygen atoms in total. The fourth-order valence-corrected chi connectivity index (χ4v) is 4.20. The summed E-state index contributed by atoms with van der Waals surface area (Å²) in [6.45, 7) is 2.02. The zero-order valence-corrected chi connectivity index (χ0v) is 15.0. The number of sulfonamides is 1. The highest BCUT2D eigenvalue weighted by Crippen LogP contribution is 2.25. The van der Waals surface area contributed by atoms with Crippen LogP contribution >= 0.6 is 0 Å². The van der Waals surface area contributed by atoms with Gasteiger partial charge < -0.3 is 15.1 Å². The van der Waals surface area contributed by atoms with Crippen molar-refractivity contribution in [2.75, 3.05) is 21.9 Å². The topological polar surface area (TPSA) is 109 Å². The number of hydrogen-bond donors (Lipinski definition) is 2. The van der Waals surface area contributed by atoms with Gasteiger partial charge in [-0.1, -0.05) is 0 Å². The van der Waals surface area contributed by atoms with Gasteiger partial charge in [-0.15, -0.1) is 0 Å². The maximum atomic E-state index is 12.2. The Morgan fingerprint density at radius 1 is 1.19 bits per heavy atom. The third kappa shape index (κ3) is 3.88. The van der Waals surface area contributed by atoms with E-state index in [1.54, 1.807) is 37.3 Å². The van der Waals surface area contributed by atoms with Crippen molar-refractivity contribution in [3.05, 3.63) is 48.4 Å². The molecule has 3 rings (SSSR count). The van der Waals surface area contributed by atoms with Crippen molar-refractivity contribution in [3.63, 3.8) is 0 Å². The molecule has 1 aromatic carbocycles. The summed E-state index contributed by atoms with van der Waals surface area (Å²) in [5.74, 6) is -0.599. The first-order chi connectivity index (χ1) is 12.4. The van der Waals surface area contributed by atoms with Crippen LogP contribution in [0.3, 0.4) is 0 Å². The van der Waals surface area contributed by atoms with Crippen LogP contribution in [0.1, 0.15) is 23.9 Å². The first-order valence-corrected chi connectivity index (χ1v) is 9.73. The molecule has 2 aromatic rings. The van der Waals surface area contributed by atoms with E-state index in [4.69, 9.17) is 4.42 Å². The molecular weight excluding hydrogens is 358 g/mol. The van der Waals surface area contributed by atoms with Crippen molar-refractivity contribution >= 4 is 33.2 Å². The molecule has 1 saturated heterocycles. The maximum absolute atomic E-state index is 12.2. The number of carbonyl (C=O) groups is 2. The number of furan rings is 1. The van der Waals surface area contributed by atoms with E-state index in [0.29, 0.717) is 24.3 Å². The quantitative estimate of drug-likeness (QED) is 0.822. The molecule has 1 aliphatic rings. The van der Waals surface area contributed by atoms with Gasteiger partial charge in [0, 0.05) is 12.2 Å². The lowest BCUT2D eigenvalue weighted by molar-refractivity contribution is -0.117. The molecule has 0 saturated carbocycles. The Morgan fingerprint density at radius 3 is 2.50 bits per heavy atom. The molecule has 2 heterocycles. The van der Waals surface area contributed by atoms with Crippen LogP contribution in [-0.4, -0.2) is 38.6 Å². The van der Waals surface area contributed by atoms with Crippen LogP contribution < -0.4 is 14.9 Å². The van der Waals surface area contributed by atoms with Gasteiger partial charge in [0.1, 0.15) is 6.04 Å². The molecule has 138 valence electrons. The second kappa shape index (κ2) is 7.20. The van der Waals surface area contributed by atoms with Crippen LogP contribution in [0.5, 0.6) is 0 Å². The third-order valence-electron chi connectivity index (χ3n) is 4.01. The summed E-state index contributed by atoms with van der Waals surface area (Å²) in [5, 5.41) is 5.22. The Bertz CT molecular complexity index is 891. The minimum absolute atomic E-state index is 0.126. The molecule has 9 heteroatoms. The third-order valence-corrected chi connectivity index (χ3v) is 5.88. The molecular formula is C17H19N3O5S. The predicted octanol–water partition coefficient (Wildman–Crippen LogP) is 1.58. The molecule has 2 amide bonds. The highest BCUT2D eigenvalue weighted by molar-refractivity contribution is 7.93. The van der Waals surface area contributed by atoms with Crippen LogP contribution in [0, 0.1) is 0 Å². The highest BCUT2D eigenvalue weighted by Gasteiger charge is 2.28. The van der Waals surface area contributed by atoms with Gasteiger partial charge in [0.15, 0.2) is 5.76 Å². The number of nitrogens with one attached hydrogen (secondary N) is 2. The second-order valence-corrected chi connectivity index (χ2v) is 7.96. The number of hydrogen-bond acceptors (Lipinski definition) is 5. The van der Waals surface area contributed by atoms with Crippen molar-refractivity contribution < 1.29 is 22.4 Å². The zero-order chi connectivity index (χ0) is 18.7. The van der Waals surface area contributed by atoms with Crippen LogP contribution in [-0.2, 0) is 14.8 Å². The normalized spacial score (nSPS) is 16.9. The fourth-order valence-electron chi connectivity index (χ4n) is 2.63. The Hall–Kier alpha value is -2.81. The van der Waals surface area contributed by atoms with Crippen LogP contribution in [0.25, 0.3) is 0 Å². The average Bonchev–Trinajstić information content (AvgIpc) is 3.25. The van der Waals surface area contributed by atoms with Crippen molar-refractivity contribution in [1.82, 2.24) is 5.32 Å². The van der Waals surface area contributed by atoms with Gasteiger partial charge in [-0.25, -0.2) is 8.42 Å². The summed E-state index contributed by atoms with van der Waals surface area (Å²) in [5.41, 5.74) is 1.08. The van der Waals surface area contributed by atoms with Gasteiger partial charge in [0.05, 0.1) is 17.7 Å². The van der Waals surface area contributed by atoms with E-state index in [1.807, 2.05) is 0 Å². The van der Waals surface area contributed by atoms with E-state index < -0.39 is 27.9 Å². The minimum Gasteiger partial charge on any atom is -0.459 e. The van der Waals surface area contributed by atoms with Gasteiger partial charge in [0.25, 0.3) is 5.91 Å². The molecule has 0 radical (unpaired) electrons. The van der Waals surface area contributed by atoms with Crippen molar-refractivity contribution in [3.8, 4) is 0 Å². The molecule has 1 fully saturated rings.